The molecule has 1 rings (SSSR count). The van der Waals surface area contributed by atoms with Crippen LogP contribution in [0.3, 0.4) is 0 Å². The minimum atomic E-state index is -1.02. The van der Waals surface area contributed by atoms with Crippen LogP contribution in [-0.2, 0) is 19.2 Å². The lowest BCUT2D eigenvalue weighted by Gasteiger charge is -2.32. The van der Waals surface area contributed by atoms with Gasteiger partial charge in [0.1, 0.15) is 0 Å². The molecule has 32 heavy (non-hydrogen) atoms. The Morgan fingerprint density at radius 3 is 0.656 bits per heavy atom. The maximum Gasteiger partial charge on any atom is 0.317 e. The zero-order valence-corrected chi connectivity index (χ0v) is 19.7. The topological polar surface area (TPSA) is 162 Å². The number of nitrogens with zero attached hydrogens (tertiary/aromatic N) is 4. The Balaban J connectivity index is 0. The Labute approximate surface area is 190 Å². The molecule has 1 aliphatic heterocycles. The Kier molecular flexibility index (Phi) is 19.3. The van der Waals surface area contributed by atoms with Crippen LogP contribution in [0.15, 0.2) is 0 Å². The summed E-state index contributed by atoms with van der Waals surface area (Å²) in [6.07, 6.45) is 0. The molecule has 4 N–H and O–H groups in total. The molecule has 1 fully saturated rings. The van der Waals surface area contributed by atoms with Crippen molar-refractivity contribution in [3.63, 3.8) is 0 Å². The van der Waals surface area contributed by atoms with Crippen LogP contribution in [0.2, 0.25) is 0 Å². The van der Waals surface area contributed by atoms with E-state index < -0.39 is 23.9 Å². The molecule has 0 aromatic rings. The van der Waals surface area contributed by atoms with Gasteiger partial charge in [0.2, 0.25) is 0 Å². The highest BCUT2D eigenvalue weighted by Crippen LogP contribution is 2.01. The highest BCUT2D eigenvalue weighted by Gasteiger charge is 2.20. The van der Waals surface area contributed by atoms with Gasteiger partial charge in [0.15, 0.2) is 0 Å². The van der Waals surface area contributed by atoms with Gasteiger partial charge < -0.3 is 20.4 Å². The minimum Gasteiger partial charge on any atom is -0.480 e. The van der Waals surface area contributed by atoms with Gasteiger partial charge in [0, 0.05) is 52.4 Å². The quantitative estimate of drug-likeness (QED) is 0.368. The fourth-order valence-corrected chi connectivity index (χ4v) is 2.98. The molecule has 0 amide bonds. The van der Waals surface area contributed by atoms with E-state index in [-0.39, 0.29) is 26.2 Å². The molecule has 0 spiro atoms. The van der Waals surface area contributed by atoms with E-state index in [1.54, 1.807) is 19.6 Å². The average Bonchev–Trinajstić information content (AvgIpc) is 2.71. The third kappa shape index (κ3) is 17.4. The zero-order chi connectivity index (χ0) is 25.1. The third-order valence-electron chi connectivity index (χ3n) is 4.37. The lowest BCUT2D eigenvalue weighted by Crippen LogP contribution is -2.49. The average molecular weight is 465 g/mol. The van der Waals surface area contributed by atoms with Crippen LogP contribution >= 0.6 is 0 Å². The first-order valence-electron chi connectivity index (χ1n) is 10.9. The molecule has 0 saturated carbocycles. The molecule has 1 aliphatic rings. The van der Waals surface area contributed by atoms with Gasteiger partial charge in [-0.05, 0) is 0 Å². The fourth-order valence-electron chi connectivity index (χ4n) is 2.98. The number of carboxylic acids is 4. The number of hydrogen-bond acceptors (Lipinski definition) is 8. The molecular weight excluding hydrogens is 424 g/mol. The second-order valence-corrected chi connectivity index (χ2v) is 6.68. The number of hydrogen-bond donors (Lipinski definition) is 4. The maximum atomic E-state index is 11.1. The first kappa shape index (κ1) is 31.9. The normalized spacial score (nSPS) is 17.4. The number of carboxylic acid groups (broad SMARTS) is 4. The van der Waals surface area contributed by atoms with Crippen molar-refractivity contribution < 1.29 is 39.6 Å². The summed E-state index contributed by atoms with van der Waals surface area (Å²) in [4.78, 5) is 50.9. The van der Waals surface area contributed by atoms with Gasteiger partial charge in [0.25, 0.3) is 0 Å². The van der Waals surface area contributed by atoms with Crippen LogP contribution < -0.4 is 0 Å². The molecule has 0 aliphatic carbocycles. The number of carbonyl (C=O) groups is 4. The molecule has 1 saturated heterocycles. The van der Waals surface area contributed by atoms with E-state index in [4.69, 9.17) is 20.4 Å². The molecule has 1 heterocycles. The van der Waals surface area contributed by atoms with E-state index in [0.717, 1.165) is 0 Å². The SMILES string of the molecule is CC.CC.O=C(O)CN1CCN(CC(=O)O)CCN(CC(=O)O)CCN(CC(=O)O)CC1. The van der Waals surface area contributed by atoms with Crippen molar-refractivity contribution in [1.29, 1.82) is 0 Å². The summed E-state index contributed by atoms with van der Waals surface area (Å²) >= 11 is 0. The lowest BCUT2D eigenvalue weighted by atomic mass is 10.3. The molecule has 0 aromatic heterocycles. The van der Waals surface area contributed by atoms with Gasteiger partial charge in [-0.25, -0.2) is 0 Å². The largest absolute Gasteiger partial charge is 0.480 e. The van der Waals surface area contributed by atoms with Crippen LogP contribution in [-0.4, -0.2) is 142 Å². The standard InChI is InChI=1S/C16H28N4O8.2C2H6/c21-13(22)9-17-1-2-18(10-14(23)24)5-6-20(12-16(27)28)8-7-19(4-3-17)11-15(25)26;2*1-2/h1-12H2,(H,21,22)(H,23,24)(H,25,26)(H,27,28);2*1-2H3. The highest BCUT2D eigenvalue weighted by atomic mass is 16.4. The number of aliphatic carboxylic acids is 4. The molecule has 0 aromatic carbocycles. The summed E-state index contributed by atoms with van der Waals surface area (Å²) in [6, 6.07) is 0. The molecule has 0 atom stereocenters. The van der Waals surface area contributed by atoms with E-state index in [1.807, 2.05) is 27.7 Å². The van der Waals surface area contributed by atoms with Crippen LogP contribution in [0.25, 0.3) is 0 Å². The van der Waals surface area contributed by atoms with Crippen LogP contribution in [0.1, 0.15) is 27.7 Å². The molecule has 0 radical (unpaired) electrons. The van der Waals surface area contributed by atoms with Gasteiger partial charge in [0.05, 0.1) is 26.2 Å². The van der Waals surface area contributed by atoms with Gasteiger partial charge in [-0.3, -0.25) is 38.8 Å². The fraction of sp³-hybridized carbons (Fsp3) is 0.800. The first-order chi connectivity index (χ1) is 15.2. The number of rotatable bonds is 8. The van der Waals surface area contributed by atoms with Gasteiger partial charge in [-0.1, -0.05) is 27.7 Å². The van der Waals surface area contributed by atoms with Crippen LogP contribution in [0, 0.1) is 0 Å². The molecule has 0 bridgehead atoms. The van der Waals surface area contributed by atoms with Gasteiger partial charge >= 0.3 is 23.9 Å². The summed E-state index contributed by atoms with van der Waals surface area (Å²) in [5.74, 6) is -4.08. The summed E-state index contributed by atoms with van der Waals surface area (Å²) in [6.45, 7) is 9.52. The van der Waals surface area contributed by atoms with Crippen LogP contribution in [0.4, 0.5) is 0 Å². The Hall–Kier alpha value is -2.28. The van der Waals surface area contributed by atoms with E-state index >= 15 is 0 Å². The smallest absolute Gasteiger partial charge is 0.317 e. The second-order valence-electron chi connectivity index (χ2n) is 6.68. The van der Waals surface area contributed by atoms with Crippen molar-refractivity contribution in [2.45, 2.75) is 27.7 Å². The van der Waals surface area contributed by atoms with E-state index in [0.29, 0.717) is 52.4 Å². The van der Waals surface area contributed by atoms with E-state index in [1.165, 1.54) is 0 Å². The molecule has 12 heteroatoms. The molecule has 12 nitrogen and oxygen atoms in total. The monoisotopic (exact) mass is 464 g/mol. The van der Waals surface area contributed by atoms with E-state index in [2.05, 4.69) is 0 Å². The Morgan fingerprint density at radius 1 is 0.438 bits per heavy atom. The zero-order valence-electron chi connectivity index (χ0n) is 19.7. The highest BCUT2D eigenvalue weighted by molar-refractivity contribution is 5.70. The first-order valence-corrected chi connectivity index (χ1v) is 10.9. The maximum absolute atomic E-state index is 11.1. The van der Waals surface area contributed by atoms with Crippen molar-refractivity contribution in [3.05, 3.63) is 0 Å². The van der Waals surface area contributed by atoms with Gasteiger partial charge in [-0.2, -0.15) is 0 Å². The predicted molar refractivity (Wildman–Crippen MR) is 119 cm³/mol. The third-order valence-corrected chi connectivity index (χ3v) is 4.37. The summed E-state index contributed by atoms with van der Waals surface area (Å²) < 4.78 is 0. The summed E-state index contributed by atoms with van der Waals surface area (Å²) in [5, 5.41) is 36.3. The van der Waals surface area contributed by atoms with Crippen molar-refractivity contribution >= 4 is 23.9 Å². The van der Waals surface area contributed by atoms with Crippen molar-refractivity contribution in [2.75, 3.05) is 78.5 Å². The van der Waals surface area contributed by atoms with Crippen LogP contribution in [0.5, 0.6) is 0 Å². The molecular formula is C20H40N4O8. The van der Waals surface area contributed by atoms with Crippen molar-refractivity contribution in [3.8, 4) is 0 Å². The predicted octanol–water partition coefficient (Wildman–Crippen LogP) is -0.401. The Bertz CT molecular complexity index is 450. The second kappa shape index (κ2) is 19.4. The summed E-state index contributed by atoms with van der Waals surface area (Å²) in [7, 11) is 0. The van der Waals surface area contributed by atoms with Crippen molar-refractivity contribution in [1.82, 2.24) is 19.6 Å². The minimum absolute atomic E-state index is 0.229. The Morgan fingerprint density at radius 2 is 0.562 bits per heavy atom. The van der Waals surface area contributed by atoms with Crippen molar-refractivity contribution in [2.24, 2.45) is 0 Å². The molecule has 0 unspecified atom stereocenters. The van der Waals surface area contributed by atoms with E-state index in [9.17, 15) is 19.2 Å². The lowest BCUT2D eigenvalue weighted by molar-refractivity contribution is -0.141. The van der Waals surface area contributed by atoms with Gasteiger partial charge in [-0.15, -0.1) is 0 Å². The summed E-state index contributed by atoms with van der Waals surface area (Å²) in [5.41, 5.74) is 0. The molecule has 188 valence electrons.